The smallest absolute Gasteiger partial charge is 0.408 e. The van der Waals surface area contributed by atoms with Crippen LogP contribution in [0.4, 0.5) is 4.79 Å². The van der Waals surface area contributed by atoms with Crippen molar-refractivity contribution in [1.82, 2.24) is 15.3 Å². The van der Waals surface area contributed by atoms with Gasteiger partial charge in [0.25, 0.3) is 0 Å². The molecule has 1 unspecified atom stereocenters. The molecule has 170 valence electrons. The van der Waals surface area contributed by atoms with E-state index >= 15 is 0 Å². The molecule has 3 N–H and O–H groups in total. The second-order valence-electron chi connectivity index (χ2n) is 7.93. The van der Waals surface area contributed by atoms with Crippen molar-refractivity contribution >= 4 is 28.0 Å². The number of carboxylic acids is 1. The first-order chi connectivity index (χ1) is 16.5. The number of carboxylic acid groups (broad SMARTS) is 1. The fourth-order valence-corrected chi connectivity index (χ4v) is 4.69. The number of fused-ring (bicyclic) bond motifs is 3. The van der Waals surface area contributed by atoms with Gasteiger partial charge >= 0.3 is 12.1 Å². The number of H-pyrrole nitrogens is 1. The number of imidazole rings is 1. The van der Waals surface area contributed by atoms with Gasteiger partial charge in [0, 0.05) is 16.0 Å². The zero-order chi connectivity index (χ0) is 23.7. The third-order valence-corrected chi connectivity index (χ3v) is 6.35. The normalized spacial score (nSPS) is 13.1. The number of rotatable bonds is 6. The summed E-state index contributed by atoms with van der Waals surface area (Å²) in [4.78, 5) is 31.6. The van der Waals surface area contributed by atoms with E-state index < -0.39 is 18.1 Å². The molecule has 0 saturated heterocycles. The maximum absolute atomic E-state index is 12.6. The van der Waals surface area contributed by atoms with E-state index in [9.17, 15) is 14.7 Å². The van der Waals surface area contributed by atoms with Gasteiger partial charge in [0.05, 0.1) is 11.9 Å². The Morgan fingerprint density at radius 3 is 2.35 bits per heavy atom. The van der Waals surface area contributed by atoms with Crippen molar-refractivity contribution in [3.8, 4) is 22.4 Å². The largest absolute Gasteiger partial charge is 0.479 e. The second-order valence-corrected chi connectivity index (χ2v) is 8.85. The van der Waals surface area contributed by atoms with Crippen LogP contribution >= 0.6 is 15.9 Å². The molecule has 0 bridgehead atoms. The van der Waals surface area contributed by atoms with Gasteiger partial charge in [0.1, 0.15) is 12.4 Å². The van der Waals surface area contributed by atoms with Crippen LogP contribution in [0, 0.1) is 0 Å². The molecule has 4 aromatic rings. The zero-order valence-corrected chi connectivity index (χ0v) is 19.5. The van der Waals surface area contributed by atoms with E-state index in [-0.39, 0.29) is 18.3 Å². The van der Waals surface area contributed by atoms with Gasteiger partial charge in [-0.05, 0) is 34.4 Å². The number of amides is 1. The Morgan fingerprint density at radius 2 is 1.71 bits per heavy atom. The van der Waals surface area contributed by atoms with Crippen LogP contribution in [0.3, 0.4) is 0 Å². The Kier molecular flexibility index (Phi) is 5.90. The SMILES string of the molecule is O=C(NC(C(=O)O)c1ncc(-c2cccc(Br)c2)[nH]1)OCC1c2ccccc2-c2ccccc21. The standard InChI is InChI=1S/C26H20BrN3O4/c27-16-7-5-6-15(12-16)22-13-28-24(29-22)23(25(31)32)30-26(33)34-14-21-19-10-3-1-8-17(19)18-9-2-4-11-20(18)21/h1-13,21,23H,14H2,(H,28,29)(H,30,33)(H,31,32). The van der Waals surface area contributed by atoms with E-state index in [0.29, 0.717) is 5.69 Å². The van der Waals surface area contributed by atoms with E-state index in [1.807, 2.05) is 60.7 Å². The van der Waals surface area contributed by atoms with Crippen molar-refractivity contribution in [3.63, 3.8) is 0 Å². The number of ether oxygens (including phenoxy) is 1. The van der Waals surface area contributed by atoms with E-state index in [0.717, 1.165) is 32.3 Å². The highest BCUT2D eigenvalue weighted by molar-refractivity contribution is 9.10. The van der Waals surface area contributed by atoms with Crippen LogP contribution in [0.25, 0.3) is 22.4 Å². The number of aliphatic carboxylic acids is 1. The number of hydrogen-bond acceptors (Lipinski definition) is 4. The fraction of sp³-hybridized carbons (Fsp3) is 0.115. The molecule has 5 rings (SSSR count). The molecule has 3 aromatic carbocycles. The monoisotopic (exact) mass is 517 g/mol. The van der Waals surface area contributed by atoms with Gasteiger partial charge in [0.15, 0.2) is 6.04 Å². The summed E-state index contributed by atoms with van der Waals surface area (Å²) in [6.45, 7) is 0.0909. The van der Waals surface area contributed by atoms with Gasteiger partial charge in [0.2, 0.25) is 0 Å². The first-order valence-electron chi connectivity index (χ1n) is 10.7. The predicted molar refractivity (Wildman–Crippen MR) is 130 cm³/mol. The molecule has 1 aliphatic rings. The maximum Gasteiger partial charge on any atom is 0.408 e. The summed E-state index contributed by atoms with van der Waals surface area (Å²) in [5.74, 6) is -1.26. The van der Waals surface area contributed by atoms with Gasteiger partial charge in [-0.3, -0.25) is 0 Å². The molecule has 0 saturated carbocycles. The molecule has 8 heteroatoms. The fourth-order valence-electron chi connectivity index (χ4n) is 4.29. The van der Waals surface area contributed by atoms with Gasteiger partial charge in [-0.15, -0.1) is 0 Å². The molecule has 0 spiro atoms. The van der Waals surface area contributed by atoms with Crippen molar-refractivity contribution in [2.24, 2.45) is 0 Å². The number of aromatic amines is 1. The Labute approximate surface area is 203 Å². The summed E-state index contributed by atoms with van der Waals surface area (Å²) in [6, 6.07) is 22.1. The molecule has 34 heavy (non-hydrogen) atoms. The van der Waals surface area contributed by atoms with Crippen LogP contribution in [0.1, 0.15) is 28.9 Å². The summed E-state index contributed by atoms with van der Waals surface area (Å²) < 4.78 is 6.37. The summed E-state index contributed by atoms with van der Waals surface area (Å²) >= 11 is 3.41. The molecular weight excluding hydrogens is 498 g/mol. The summed E-state index contributed by atoms with van der Waals surface area (Å²) in [7, 11) is 0. The Morgan fingerprint density at radius 1 is 1.03 bits per heavy atom. The van der Waals surface area contributed by atoms with Crippen molar-refractivity contribution < 1.29 is 19.4 Å². The lowest BCUT2D eigenvalue weighted by Crippen LogP contribution is -2.35. The second kappa shape index (κ2) is 9.15. The zero-order valence-electron chi connectivity index (χ0n) is 17.9. The lowest BCUT2D eigenvalue weighted by Gasteiger charge is -2.16. The van der Waals surface area contributed by atoms with Crippen LogP contribution < -0.4 is 5.32 Å². The number of carbonyl (C=O) groups excluding carboxylic acids is 1. The van der Waals surface area contributed by atoms with E-state index in [2.05, 4.69) is 43.3 Å². The topological polar surface area (TPSA) is 104 Å². The first-order valence-corrected chi connectivity index (χ1v) is 11.5. The van der Waals surface area contributed by atoms with Crippen LogP contribution in [0.5, 0.6) is 0 Å². The summed E-state index contributed by atoms with van der Waals surface area (Å²) in [5, 5.41) is 12.1. The van der Waals surface area contributed by atoms with Crippen LogP contribution in [0.15, 0.2) is 83.5 Å². The van der Waals surface area contributed by atoms with E-state index in [1.54, 1.807) is 0 Å². The minimum atomic E-state index is -1.38. The predicted octanol–water partition coefficient (Wildman–Crippen LogP) is 5.50. The third kappa shape index (κ3) is 4.20. The number of nitrogens with one attached hydrogen (secondary N) is 2. The quantitative estimate of drug-likeness (QED) is 0.313. The molecule has 1 aliphatic carbocycles. The van der Waals surface area contributed by atoms with Crippen LogP contribution in [-0.2, 0) is 9.53 Å². The van der Waals surface area contributed by atoms with Crippen molar-refractivity contribution in [2.75, 3.05) is 6.61 Å². The average molecular weight is 518 g/mol. The van der Waals surface area contributed by atoms with E-state index in [1.165, 1.54) is 6.20 Å². The first kappa shape index (κ1) is 21.9. The highest BCUT2D eigenvalue weighted by Crippen LogP contribution is 2.44. The van der Waals surface area contributed by atoms with Crippen molar-refractivity contribution in [1.29, 1.82) is 0 Å². The van der Waals surface area contributed by atoms with Crippen molar-refractivity contribution in [2.45, 2.75) is 12.0 Å². The summed E-state index contributed by atoms with van der Waals surface area (Å²) in [6.07, 6.45) is 0.710. The van der Waals surface area contributed by atoms with E-state index in [4.69, 9.17) is 4.74 Å². The molecule has 0 aliphatic heterocycles. The number of aromatic nitrogens is 2. The molecule has 0 fully saturated rings. The summed E-state index contributed by atoms with van der Waals surface area (Å²) in [5.41, 5.74) is 5.86. The van der Waals surface area contributed by atoms with Crippen molar-refractivity contribution in [3.05, 3.63) is 100 Å². The molecule has 1 atom stereocenters. The minimum absolute atomic E-state index is 0.0909. The lowest BCUT2D eigenvalue weighted by molar-refractivity contribution is -0.139. The maximum atomic E-state index is 12.6. The molecule has 7 nitrogen and oxygen atoms in total. The molecule has 1 amide bonds. The third-order valence-electron chi connectivity index (χ3n) is 5.86. The van der Waals surface area contributed by atoms with Gasteiger partial charge in [-0.2, -0.15) is 0 Å². The Bertz CT molecular complexity index is 1340. The minimum Gasteiger partial charge on any atom is -0.479 e. The van der Waals surface area contributed by atoms with Gasteiger partial charge in [-0.1, -0.05) is 76.6 Å². The highest BCUT2D eigenvalue weighted by atomic mass is 79.9. The number of benzene rings is 3. The van der Waals surface area contributed by atoms with Crippen LogP contribution in [-0.4, -0.2) is 33.7 Å². The molecule has 1 heterocycles. The van der Waals surface area contributed by atoms with Gasteiger partial charge in [-0.25, -0.2) is 14.6 Å². The molecular formula is C26H20BrN3O4. The lowest BCUT2D eigenvalue weighted by atomic mass is 9.98. The number of nitrogens with zero attached hydrogens (tertiary/aromatic N) is 1. The number of halogens is 1. The Balaban J connectivity index is 1.30. The average Bonchev–Trinajstić information content (AvgIpc) is 3.44. The highest BCUT2D eigenvalue weighted by Gasteiger charge is 2.30. The molecule has 0 radical (unpaired) electrons. The number of carbonyl (C=O) groups is 2. The van der Waals surface area contributed by atoms with Gasteiger partial charge < -0.3 is 20.1 Å². The number of hydrogen-bond donors (Lipinski definition) is 3. The molecule has 1 aromatic heterocycles. The van der Waals surface area contributed by atoms with Crippen LogP contribution in [0.2, 0.25) is 0 Å². The number of alkyl carbamates (subject to hydrolysis) is 1. The Hall–Kier alpha value is -3.91.